The summed E-state index contributed by atoms with van der Waals surface area (Å²) in [6, 6.07) is 19.8. The molecule has 3 aromatic rings. The van der Waals surface area contributed by atoms with Gasteiger partial charge < -0.3 is 10.1 Å². The molecule has 128 valence electrons. The molecule has 0 heterocycles. The van der Waals surface area contributed by atoms with Crippen molar-refractivity contribution in [2.75, 3.05) is 5.32 Å². The highest BCUT2D eigenvalue weighted by atomic mass is 79.9. The van der Waals surface area contributed by atoms with Gasteiger partial charge in [0.05, 0.1) is 4.47 Å². The van der Waals surface area contributed by atoms with Crippen LogP contribution in [0.15, 0.2) is 71.2 Å². The van der Waals surface area contributed by atoms with Crippen molar-refractivity contribution >= 4 is 33.2 Å². The standard InChI is InChI=1S/C20H16BrClFNO/c21-18-11-14(12-24-17-8-6-16(23)7-9-17)5-10-20(18)25-13-15-3-1-2-4-19(15)22/h1-11,24H,12-13H2. The molecule has 2 nitrogen and oxygen atoms in total. The van der Waals surface area contributed by atoms with E-state index in [0.29, 0.717) is 18.2 Å². The Hall–Kier alpha value is -2.04. The lowest BCUT2D eigenvalue weighted by Crippen LogP contribution is -2.01. The second-order valence-corrected chi connectivity index (χ2v) is 6.77. The summed E-state index contributed by atoms with van der Waals surface area (Å²) in [5, 5.41) is 3.95. The van der Waals surface area contributed by atoms with Gasteiger partial charge in [-0.25, -0.2) is 4.39 Å². The number of hydrogen-bond donors (Lipinski definition) is 1. The van der Waals surface area contributed by atoms with E-state index in [2.05, 4.69) is 21.2 Å². The molecule has 3 rings (SSSR count). The van der Waals surface area contributed by atoms with Crippen molar-refractivity contribution in [3.63, 3.8) is 0 Å². The van der Waals surface area contributed by atoms with Crippen LogP contribution in [0, 0.1) is 5.82 Å². The largest absolute Gasteiger partial charge is 0.488 e. The van der Waals surface area contributed by atoms with Gasteiger partial charge in [-0.2, -0.15) is 0 Å². The Morgan fingerprint density at radius 2 is 1.76 bits per heavy atom. The lowest BCUT2D eigenvalue weighted by molar-refractivity contribution is 0.304. The molecule has 0 fully saturated rings. The Balaban J connectivity index is 1.60. The average molecular weight is 421 g/mol. The Morgan fingerprint density at radius 3 is 2.48 bits per heavy atom. The molecule has 0 spiro atoms. The predicted molar refractivity (Wildman–Crippen MR) is 104 cm³/mol. The van der Waals surface area contributed by atoms with E-state index in [4.69, 9.17) is 16.3 Å². The fourth-order valence-electron chi connectivity index (χ4n) is 2.31. The molecule has 0 aliphatic rings. The van der Waals surface area contributed by atoms with E-state index in [0.717, 1.165) is 27.0 Å². The van der Waals surface area contributed by atoms with E-state index in [-0.39, 0.29) is 5.82 Å². The summed E-state index contributed by atoms with van der Waals surface area (Å²) in [5.74, 6) is 0.513. The van der Waals surface area contributed by atoms with Crippen LogP contribution in [0.5, 0.6) is 5.75 Å². The van der Waals surface area contributed by atoms with Crippen LogP contribution in [0.2, 0.25) is 5.02 Å². The highest BCUT2D eigenvalue weighted by Gasteiger charge is 2.05. The number of anilines is 1. The van der Waals surface area contributed by atoms with Crippen LogP contribution in [0.25, 0.3) is 0 Å². The van der Waals surface area contributed by atoms with Crippen molar-refractivity contribution in [1.82, 2.24) is 0 Å². The maximum absolute atomic E-state index is 12.9. The zero-order valence-corrected chi connectivity index (χ0v) is 15.6. The Bertz CT molecular complexity index is 855. The summed E-state index contributed by atoms with van der Waals surface area (Å²) in [7, 11) is 0. The van der Waals surface area contributed by atoms with Gasteiger partial charge in [0.15, 0.2) is 0 Å². The van der Waals surface area contributed by atoms with E-state index < -0.39 is 0 Å². The van der Waals surface area contributed by atoms with Crippen molar-refractivity contribution in [2.45, 2.75) is 13.2 Å². The first-order chi connectivity index (χ1) is 12.1. The van der Waals surface area contributed by atoms with E-state index in [1.807, 2.05) is 42.5 Å². The fourth-order valence-corrected chi connectivity index (χ4v) is 3.05. The van der Waals surface area contributed by atoms with Gasteiger partial charge in [0.1, 0.15) is 18.2 Å². The highest BCUT2D eigenvalue weighted by molar-refractivity contribution is 9.10. The second kappa shape index (κ2) is 8.37. The predicted octanol–water partition coefficient (Wildman–Crippen LogP) is 6.43. The molecule has 0 bridgehead atoms. The van der Waals surface area contributed by atoms with Gasteiger partial charge in [0.25, 0.3) is 0 Å². The molecule has 0 radical (unpaired) electrons. The van der Waals surface area contributed by atoms with Crippen LogP contribution >= 0.6 is 27.5 Å². The number of benzene rings is 3. The summed E-state index contributed by atoms with van der Waals surface area (Å²) in [5.41, 5.74) is 2.90. The van der Waals surface area contributed by atoms with Gasteiger partial charge in [-0.3, -0.25) is 0 Å². The van der Waals surface area contributed by atoms with Crippen LogP contribution in [-0.4, -0.2) is 0 Å². The maximum atomic E-state index is 12.9. The minimum absolute atomic E-state index is 0.242. The average Bonchev–Trinajstić information content (AvgIpc) is 2.62. The van der Waals surface area contributed by atoms with Crippen LogP contribution in [0.3, 0.4) is 0 Å². The summed E-state index contributed by atoms with van der Waals surface area (Å²) in [4.78, 5) is 0. The minimum atomic E-state index is -0.242. The first-order valence-corrected chi connectivity index (χ1v) is 8.93. The van der Waals surface area contributed by atoms with Gasteiger partial charge >= 0.3 is 0 Å². The molecular formula is C20H16BrClFNO. The zero-order valence-electron chi connectivity index (χ0n) is 13.3. The molecule has 25 heavy (non-hydrogen) atoms. The molecule has 0 unspecified atom stereocenters. The van der Waals surface area contributed by atoms with Crippen molar-refractivity contribution in [2.24, 2.45) is 0 Å². The third-order valence-corrected chi connectivity index (χ3v) is 4.67. The Labute approximate surface area is 159 Å². The van der Waals surface area contributed by atoms with E-state index in [1.54, 1.807) is 12.1 Å². The third kappa shape index (κ3) is 4.97. The van der Waals surface area contributed by atoms with E-state index in [1.165, 1.54) is 12.1 Å². The lowest BCUT2D eigenvalue weighted by atomic mass is 10.2. The van der Waals surface area contributed by atoms with Crippen LogP contribution in [0.1, 0.15) is 11.1 Å². The molecule has 3 aromatic carbocycles. The van der Waals surface area contributed by atoms with Crippen molar-refractivity contribution in [1.29, 1.82) is 0 Å². The monoisotopic (exact) mass is 419 g/mol. The van der Waals surface area contributed by atoms with Crippen molar-refractivity contribution < 1.29 is 9.13 Å². The van der Waals surface area contributed by atoms with Gasteiger partial charge in [-0.05, 0) is 64.0 Å². The van der Waals surface area contributed by atoms with Crippen molar-refractivity contribution in [3.8, 4) is 5.75 Å². The van der Waals surface area contributed by atoms with E-state index in [9.17, 15) is 4.39 Å². The first-order valence-electron chi connectivity index (χ1n) is 7.76. The summed E-state index contributed by atoms with van der Waals surface area (Å²) in [6.45, 7) is 1.04. The summed E-state index contributed by atoms with van der Waals surface area (Å²) >= 11 is 9.68. The maximum Gasteiger partial charge on any atom is 0.134 e. The van der Waals surface area contributed by atoms with Crippen LogP contribution < -0.4 is 10.1 Å². The molecular weight excluding hydrogens is 405 g/mol. The summed E-state index contributed by atoms with van der Waals surface area (Å²) in [6.07, 6.45) is 0. The molecule has 0 aromatic heterocycles. The SMILES string of the molecule is Fc1ccc(NCc2ccc(OCc3ccccc3Cl)c(Br)c2)cc1. The van der Waals surface area contributed by atoms with Crippen molar-refractivity contribution in [3.05, 3.63) is 93.2 Å². The molecule has 1 N–H and O–H groups in total. The second-order valence-electron chi connectivity index (χ2n) is 5.51. The molecule has 0 saturated heterocycles. The molecule has 0 atom stereocenters. The topological polar surface area (TPSA) is 21.3 Å². The van der Waals surface area contributed by atoms with Gasteiger partial charge in [-0.15, -0.1) is 0 Å². The molecule has 0 aliphatic heterocycles. The molecule has 0 amide bonds. The number of hydrogen-bond acceptors (Lipinski definition) is 2. The number of ether oxygens (including phenoxy) is 1. The lowest BCUT2D eigenvalue weighted by Gasteiger charge is -2.12. The highest BCUT2D eigenvalue weighted by Crippen LogP contribution is 2.28. The third-order valence-electron chi connectivity index (χ3n) is 3.68. The van der Waals surface area contributed by atoms with Gasteiger partial charge in [0.2, 0.25) is 0 Å². The summed E-state index contributed by atoms with van der Waals surface area (Å²) < 4.78 is 19.6. The van der Waals surface area contributed by atoms with E-state index >= 15 is 0 Å². The number of halogens is 3. The van der Waals surface area contributed by atoms with Crippen LogP contribution in [0.4, 0.5) is 10.1 Å². The normalized spacial score (nSPS) is 10.5. The Kier molecular flexibility index (Phi) is 5.95. The van der Waals surface area contributed by atoms with Gasteiger partial charge in [0, 0.05) is 22.8 Å². The minimum Gasteiger partial charge on any atom is -0.488 e. The first kappa shape index (κ1) is 17.8. The quantitative estimate of drug-likeness (QED) is 0.496. The molecule has 5 heteroatoms. The van der Waals surface area contributed by atoms with Gasteiger partial charge in [-0.1, -0.05) is 35.9 Å². The molecule has 0 saturated carbocycles. The smallest absolute Gasteiger partial charge is 0.134 e. The number of rotatable bonds is 6. The Morgan fingerprint density at radius 1 is 1.00 bits per heavy atom. The zero-order chi connectivity index (χ0) is 17.6. The van der Waals surface area contributed by atoms with Crippen LogP contribution in [-0.2, 0) is 13.2 Å². The number of nitrogens with one attached hydrogen (secondary N) is 1. The fraction of sp³-hybridized carbons (Fsp3) is 0.100. The molecule has 0 aliphatic carbocycles.